The molecule has 196 valence electrons. The van der Waals surface area contributed by atoms with Gasteiger partial charge in [0.2, 0.25) is 7.37 Å². The van der Waals surface area contributed by atoms with E-state index in [0.29, 0.717) is 17.4 Å². The van der Waals surface area contributed by atoms with E-state index in [0.717, 1.165) is 35.3 Å². The number of carbonyl (C=O) groups excluding carboxylic acids is 2. The summed E-state index contributed by atoms with van der Waals surface area (Å²) in [6.07, 6.45) is 2.69. The lowest BCUT2D eigenvalue weighted by Gasteiger charge is -2.29. The number of hydrogen-bond acceptors (Lipinski definition) is 6. The van der Waals surface area contributed by atoms with Crippen LogP contribution in [0.2, 0.25) is 0 Å². The highest BCUT2D eigenvalue weighted by Gasteiger charge is 2.28. The van der Waals surface area contributed by atoms with Crippen LogP contribution in [0.5, 0.6) is 0 Å². The number of hydrogen-bond donors (Lipinski definition) is 1. The maximum Gasteiger partial charge on any atom is 0.427 e. The molecular weight excluding hydrogens is 507 g/mol. The molecule has 4 rings (SSSR count). The highest BCUT2D eigenvalue weighted by Crippen LogP contribution is 2.50. The normalized spacial score (nSPS) is 15.4. The summed E-state index contributed by atoms with van der Waals surface area (Å²) in [6, 6.07) is 18.3. The summed E-state index contributed by atoms with van der Waals surface area (Å²) >= 11 is 1.59. The van der Waals surface area contributed by atoms with Crippen LogP contribution in [0.25, 0.3) is 10.4 Å². The second kappa shape index (κ2) is 11.2. The first-order valence-corrected chi connectivity index (χ1v) is 15.4. The minimum Gasteiger partial charge on any atom is -0.443 e. The van der Waals surface area contributed by atoms with Crippen LogP contribution in [0.4, 0.5) is 10.5 Å². The lowest BCUT2D eigenvalue weighted by molar-refractivity contribution is 0.0510. The van der Waals surface area contributed by atoms with Gasteiger partial charge in [-0.25, -0.2) is 15.2 Å². The Morgan fingerprint density at radius 1 is 1.08 bits per heavy atom. The number of benzene rings is 2. The van der Waals surface area contributed by atoms with Crippen LogP contribution in [0, 0.1) is 0 Å². The van der Waals surface area contributed by atoms with Crippen molar-refractivity contribution in [2.24, 2.45) is 0 Å². The van der Waals surface area contributed by atoms with E-state index in [1.165, 1.54) is 5.01 Å². The topological polar surface area (TPSA) is 84.9 Å². The van der Waals surface area contributed by atoms with Crippen molar-refractivity contribution in [2.75, 3.05) is 11.7 Å². The molecule has 0 radical (unpaired) electrons. The first-order chi connectivity index (χ1) is 17.5. The standard InChI is InChI=1S/C28H33N2O5PS/c1-28(2,3)34-27(32)29-30(23-9-5-8-22(18-23)25-12-7-17-37-25)26(31)21-15-13-20(14-16-21)19-36(4,33)35-24-10-6-11-24/h5,7-9,12-18,24H,6,10-11,19H2,1-4H3,(H,29,32). The molecule has 1 aromatic heterocycles. The smallest absolute Gasteiger partial charge is 0.427 e. The molecule has 9 heteroatoms. The number of hydrazine groups is 1. The Bertz CT molecular complexity index is 1280. The third kappa shape index (κ3) is 7.54. The van der Waals surface area contributed by atoms with Gasteiger partial charge in [0.1, 0.15) is 5.60 Å². The van der Waals surface area contributed by atoms with Crippen LogP contribution in [-0.4, -0.2) is 30.4 Å². The number of nitrogens with one attached hydrogen (secondary N) is 1. The molecule has 1 aliphatic rings. The van der Waals surface area contributed by atoms with Gasteiger partial charge in [-0.2, -0.15) is 0 Å². The SMILES string of the molecule is CC(C)(C)OC(=O)NN(C(=O)c1ccc(CP(C)(=O)OC2CCC2)cc1)c1cccc(-c2cccs2)c1. The van der Waals surface area contributed by atoms with Crippen LogP contribution in [0.15, 0.2) is 66.0 Å². The van der Waals surface area contributed by atoms with Gasteiger partial charge in [-0.1, -0.05) is 30.3 Å². The molecule has 0 aliphatic heterocycles. The number of ether oxygens (including phenoxy) is 1. The molecule has 0 bridgehead atoms. The molecule has 0 spiro atoms. The Kier molecular flexibility index (Phi) is 8.22. The van der Waals surface area contributed by atoms with Crippen LogP contribution >= 0.6 is 18.7 Å². The maximum absolute atomic E-state index is 13.6. The Balaban J connectivity index is 1.56. The van der Waals surface area contributed by atoms with E-state index in [1.807, 2.05) is 35.7 Å². The van der Waals surface area contributed by atoms with Crippen LogP contribution in [-0.2, 0) is 20.0 Å². The molecule has 1 heterocycles. The molecule has 3 aromatic rings. The van der Waals surface area contributed by atoms with Gasteiger partial charge in [0.15, 0.2) is 0 Å². The van der Waals surface area contributed by atoms with Crippen molar-refractivity contribution in [1.29, 1.82) is 0 Å². The van der Waals surface area contributed by atoms with Gasteiger partial charge in [-0.05, 0) is 86.9 Å². The van der Waals surface area contributed by atoms with E-state index in [4.69, 9.17) is 9.26 Å². The van der Waals surface area contributed by atoms with E-state index in [9.17, 15) is 14.2 Å². The second-order valence-corrected chi connectivity index (χ2v) is 13.8. The molecule has 2 amide bonds. The summed E-state index contributed by atoms with van der Waals surface area (Å²) in [5.41, 5.74) is 4.50. The summed E-state index contributed by atoms with van der Waals surface area (Å²) in [4.78, 5) is 27.3. The number of amides is 2. The average molecular weight is 541 g/mol. The van der Waals surface area contributed by atoms with Crippen molar-refractivity contribution in [1.82, 2.24) is 5.43 Å². The minimum atomic E-state index is -2.78. The fourth-order valence-corrected chi connectivity index (χ4v) is 6.42. The predicted octanol–water partition coefficient (Wildman–Crippen LogP) is 7.48. The lowest BCUT2D eigenvalue weighted by Crippen LogP contribution is -2.48. The molecule has 1 atom stereocenters. The van der Waals surface area contributed by atoms with Crippen molar-refractivity contribution >= 4 is 36.4 Å². The summed E-state index contributed by atoms with van der Waals surface area (Å²) in [5, 5.41) is 3.18. The number of nitrogens with zero attached hydrogens (tertiary/aromatic N) is 1. The van der Waals surface area contributed by atoms with Crippen molar-refractivity contribution in [2.45, 2.75) is 57.9 Å². The van der Waals surface area contributed by atoms with Crippen LogP contribution in [0.1, 0.15) is 56.0 Å². The molecule has 1 aliphatic carbocycles. The predicted molar refractivity (Wildman–Crippen MR) is 148 cm³/mol. The van der Waals surface area contributed by atoms with Gasteiger partial charge in [0.05, 0.1) is 11.8 Å². The Morgan fingerprint density at radius 3 is 2.41 bits per heavy atom. The van der Waals surface area contributed by atoms with Crippen molar-refractivity contribution < 1.29 is 23.4 Å². The van der Waals surface area contributed by atoms with E-state index in [1.54, 1.807) is 69.1 Å². The summed E-state index contributed by atoms with van der Waals surface area (Å²) in [6.45, 7) is 6.94. The first kappa shape index (κ1) is 27.1. The second-order valence-electron chi connectivity index (χ2n) is 10.3. The van der Waals surface area contributed by atoms with Gasteiger partial charge in [-0.15, -0.1) is 11.3 Å². The summed E-state index contributed by atoms with van der Waals surface area (Å²) in [7, 11) is -2.78. The van der Waals surface area contributed by atoms with Crippen LogP contribution < -0.4 is 10.4 Å². The molecule has 1 saturated carbocycles. The zero-order chi connectivity index (χ0) is 26.6. The molecule has 1 fully saturated rings. The van der Waals surface area contributed by atoms with Crippen molar-refractivity contribution in [3.63, 3.8) is 0 Å². The zero-order valence-electron chi connectivity index (χ0n) is 21.6. The monoisotopic (exact) mass is 540 g/mol. The van der Waals surface area contributed by atoms with E-state index in [2.05, 4.69) is 5.43 Å². The fourth-order valence-electron chi connectivity index (χ4n) is 3.91. The van der Waals surface area contributed by atoms with Crippen molar-refractivity contribution in [3.05, 3.63) is 77.2 Å². The number of rotatable bonds is 7. The molecular formula is C28H33N2O5PS. The van der Waals surface area contributed by atoms with Crippen LogP contribution in [0.3, 0.4) is 0 Å². The Labute approximate surface area is 222 Å². The quantitative estimate of drug-likeness (QED) is 0.248. The molecule has 0 saturated heterocycles. The van der Waals surface area contributed by atoms with E-state index >= 15 is 0 Å². The lowest BCUT2D eigenvalue weighted by atomic mass is 9.97. The Hall–Kier alpha value is -2.93. The number of anilines is 1. The van der Waals surface area contributed by atoms with E-state index < -0.39 is 25.0 Å². The van der Waals surface area contributed by atoms with Gasteiger partial charge in [-0.3, -0.25) is 9.36 Å². The molecule has 1 unspecified atom stereocenters. The first-order valence-electron chi connectivity index (χ1n) is 12.3. The highest BCUT2D eigenvalue weighted by molar-refractivity contribution is 7.57. The number of thiophene rings is 1. The highest BCUT2D eigenvalue weighted by atomic mass is 32.1. The third-order valence-corrected chi connectivity index (χ3v) is 8.41. The third-order valence-electron chi connectivity index (χ3n) is 5.81. The zero-order valence-corrected chi connectivity index (χ0v) is 23.3. The largest absolute Gasteiger partial charge is 0.443 e. The molecule has 1 N–H and O–H groups in total. The maximum atomic E-state index is 13.6. The fraction of sp³-hybridized carbons (Fsp3) is 0.357. The van der Waals surface area contributed by atoms with Gasteiger partial charge >= 0.3 is 6.09 Å². The van der Waals surface area contributed by atoms with Gasteiger partial charge in [0.25, 0.3) is 5.91 Å². The van der Waals surface area contributed by atoms with Gasteiger partial charge in [0, 0.05) is 23.3 Å². The number of carbonyl (C=O) groups is 2. The van der Waals surface area contributed by atoms with Crippen molar-refractivity contribution in [3.8, 4) is 10.4 Å². The minimum absolute atomic E-state index is 0.0918. The average Bonchev–Trinajstić information content (AvgIpc) is 3.34. The van der Waals surface area contributed by atoms with Gasteiger partial charge < -0.3 is 9.26 Å². The molecule has 37 heavy (non-hydrogen) atoms. The van der Waals surface area contributed by atoms with E-state index in [-0.39, 0.29) is 6.10 Å². The summed E-state index contributed by atoms with van der Waals surface area (Å²) in [5.74, 6) is -0.425. The molecule has 2 aromatic carbocycles. The summed E-state index contributed by atoms with van der Waals surface area (Å²) < 4.78 is 24.1. The molecule has 7 nitrogen and oxygen atoms in total. The Morgan fingerprint density at radius 2 is 1.81 bits per heavy atom.